The smallest absolute Gasteiger partial charge is 0.326 e. The second-order valence-corrected chi connectivity index (χ2v) is 9.11. The molecular formula is C25H38N8O5. The van der Waals surface area contributed by atoms with E-state index in [1.807, 2.05) is 31.2 Å². The van der Waals surface area contributed by atoms with Gasteiger partial charge >= 0.3 is 5.97 Å². The molecule has 0 spiro atoms. The van der Waals surface area contributed by atoms with Crippen LogP contribution in [-0.2, 0) is 25.6 Å². The van der Waals surface area contributed by atoms with Crippen LogP contribution in [0.5, 0.6) is 0 Å². The van der Waals surface area contributed by atoms with Crippen molar-refractivity contribution in [2.75, 3.05) is 13.1 Å². The molecule has 2 rings (SSSR count). The van der Waals surface area contributed by atoms with Crippen LogP contribution in [0.15, 0.2) is 35.5 Å². The van der Waals surface area contributed by atoms with Gasteiger partial charge in [-0.25, -0.2) is 4.79 Å². The fourth-order valence-electron chi connectivity index (χ4n) is 3.96. The molecule has 0 saturated carbocycles. The molecule has 1 heterocycles. The van der Waals surface area contributed by atoms with Crippen molar-refractivity contribution in [3.63, 3.8) is 0 Å². The summed E-state index contributed by atoms with van der Waals surface area (Å²) in [5.74, 6) is -3.33. The highest BCUT2D eigenvalue weighted by molar-refractivity contribution is 5.94. The van der Waals surface area contributed by atoms with Gasteiger partial charge in [-0.15, -0.1) is 0 Å². The molecule has 0 aliphatic rings. The monoisotopic (exact) mass is 530 g/mol. The average molecular weight is 531 g/mol. The van der Waals surface area contributed by atoms with Crippen LogP contribution < -0.4 is 33.2 Å². The van der Waals surface area contributed by atoms with Gasteiger partial charge in [-0.3, -0.25) is 19.4 Å². The first kappa shape index (κ1) is 30.1. The van der Waals surface area contributed by atoms with Gasteiger partial charge in [-0.1, -0.05) is 38.5 Å². The molecule has 0 bridgehead atoms. The van der Waals surface area contributed by atoms with Gasteiger partial charge in [-0.05, 0) is 30.4 Å². The van der Waals surface area contributed by atoms with Gasteiger partial charge in [0.25, 0.3) is 0 Å². The maximum Gasteiger partial charge on any atom is 0.326 e. The quantitative estimate of drug-likeness (QED) is 0.0832. The number of nitrogens with one attached hydrogen (secondary N) is 4. The SMILES string of the molecule is CCC(C)C(NC(=O)CN)C(=O)NC(Cc1c[nH]c2ccccc12)C(=O)NC(CCCN=C(N)N)C(=O)O. The number of aromatic amines is 1. The van der Waals surface area contributed by atoms with Gasteiger partial charge < -0.3 is 43.2 Å². The number of para-hydroxylation sites is 1. The van der Waals surface area contributed by atoms with Gasteiger partial charge in [-0.2, -0.15) is 0 Å². The lowest BCUT2D eigenvalue weighted by Gasteiger charge is -2.27. The fourth-order valence-corrected chi connectivity index (χ4v) is 3.96. The number of amides is 3. The van der Waals surface area contributed by atoms with E-state index < -0.39 is 41.8 Å². The number of aliphatic carboxylic acids is 1. The number of guanidine groups is 1. The van der Waals surface area contributed by atoms with E-state index in [-0.39, 0.29) is 37.8 Å². The lowest BCUT2D eigenvalue weighted by Crippen LogP contribution is -2.58. The molecule has 1 aromatic carbocycles. The molecule has 0 saturated heterocycles. The summed E-state index contributed by atoms with van der Waals surface area (Å²) < 4.78 is 0. The summed E-state index contributed by atoms with van der Waals surface area (Å²) in [6.45, 7) is 3.58. The third-order valence-electron chi connectivity index (χ3n) is 6.29. The van der Waals surface area contributed by atoms with Crippen molar-refractivity contribution in [3.8, 4) is 0 Å². The van der Waals surface area contributed by atoms with Crippen LogP contribution in [0.2, 0.25) is 0 Å². The Kier molecular flexibility index (Phi) is 11.5. The van der Waals surface area contributed by atoms with Crippen molar-refractivity contribution in [1.29, 1.82) is 0 Å². The van der Waals surface area contributed by atoms with Gasteiger partial charge in [0.15, 0.2) is 5.96 Å². The lowest BCUT2D eigenvalue weighted by molar-refractivity contribution is -0.142. The molecule has 0 radical (unpaired) electrons. The number of carbonyl (C=O) groups excluding carboxylic acids is 3. The number of carboxylic acids is 1. The van der Waals surface area contributed by atoms with Crippen molar-refractivity contribution in [3.05, 3.63) is 36.0 Å². The van der Waals surface area contributed by atoms with Crippen molar-refractivity contribution in [2.45, 2.75) is 57.7 Å². The summed E-state index contributed by atoms with van der Waals surface area (Å²) >= 11 is 0. The number of hydrogen-bond acceptors (Lipinski definition) is 6. The van der Waals surface area contributed by atoms with Gasteiger partial charge in [0.05, 0.1) is 6.54 Å². The fraction of sp³-hybridized carbons (Fsp3) is 0.480. The Morgan fingerprint density at radius 3 is 2.37 bits per heavy atom. The van der Waals surface area contributed by atoms with E-state index in [1.165, 1.54) is 0 Å². The maximum absolute atomic E-state index is 13.4. The van der Waals surface area contributed by atoms with Crippen molar-refractivity contribution in [2.24, 2.45) is 28.1 Å². The zero-order chi connectivity index (χ0) is 28.2. The Balaban J connectivity index is 2.29. The predicted octanol–water partition coefficient (Wildman–Crippen LogP) is -0.692. The number of rotatable bonds is 15. The molecule has 0 aliphatic carbocycles. The topological polar surface area (TPSA) is 231 Å². The number of nitrogens with zero attached hydrogens (tertiary/aromatic N) is 1. The normalized spacial score (nSPS) is 14.1. The second-order valence-electron chi connectivity index (χ2n) is 9.11. The van der Waals surface area contributed by atoms with Crippen LogP contribution in [0.25, 0.3) is 10.9 Å². The number of nitrogens with two attached hydrogens (primary N) is 3. The third-order valence-corrected chi connectivity index (χ3v) is 6.29. The lowest BCUT2D eigenvalue weighted by atomic mass is 9.97. The van der Waals surface area contributed by atoms with Gasteiger partial charge in [0.1, 0.15) is 18.1 Å². The Morgan fingerprint density at radius 2 is 1.74 bits per heavy atom. The molecule has 4 atom stereocenters. The molecule has 0 fully saturated rings. The number of carbonyl (C=O) groups is 4. The van der Waals surface area contributed by atoms with E-state index in [1.54, 1.807) is 13.1 Å². The molecule has 11 N–H and O–H groups in total. The number of H-pyrrole nitrogens is 1. The second kappa shape index (κ2) is 14.6. The molecule has 38 heavy (non-hydrogen) atoms. The third kappa shape index (κ3) is 8.76. The summed E-state index contributed by atoms with van der Waals surface area (Å²) in [7, 11) is 0. The molecule has 13 nitrogen and oxygen atoms in total. The van der Waals surface area contributed by atoms with E-state index >= 15 is 0 Å². The molecule has 208 valence electrons. The minimum atomic E-state index is -1.23. The molecule has 3 amide bonds. The van der Waals surface area contributed by atoms with Crippen molar-refractivity contribution >= 4 is 40.6 Å². The Hall–Kier alpha value is -4.13. The summed E-state index contributed by atoms with van der Waals surface area (Å²) in [6.07, 6.45) is 2.80. The maximum atomic E-state index is 13.4. The molecule has 13 heteroatoms. The number of aromatic nitrogens is 1. The highest BCUT2D eigenvalue weighted by Crippen LogP contribution is 2.20. The Labute approximate surface area is 221 Å². The van der Waals surface area contributed by atoms with Crippen LogP contribution in [0, 0.1) is 5.92 Å². The number of benzene rings is 1. The standard InChI is InChI=1S/C25H38N8O5/c1-3-14(2)21(33-20(34)12-26)23(36)32-19(11-15-13-30-17-8-5-4-7-16(15)17)22(35)31-18(24(37)38)9-6-10-29-25(27)28/h4-5,7-8,13-14,18-19,21,30H,3,6,9-12,26H2,1-2H3,(H,31,35)(H,32,36)(H,33,34)(H,37,38)(H4,27,28,29). The highest BCUT2D eigenvalue weighted by Gasteiger charge is 2.32. The number of carboxylic acid groups (broad SMARTS) is 1. The molecule has 1 aromatic heterocycles. The van der Waals surface area contributed by atoms with E-state index in [2.05, 4.69) is 25.9 Å². The summed E-state index contributed by atoms with van der Waals surface area (Å²) in [4.78, 5) is 57.4. The largest absolute Gasteiger partial charge is 0.480 e. The van der Waals surface area contributed by atoms with Crippen LogP contribution in [0.4, 0.5) is 0 Å². The van der Waals surface area contributed by atoms with Crippen LogP contribution in [0.3, 0.4) is 0 Å². The average Bonchev–Trinajstić information content (AvgIpc) is 3.30. The first-order valence-corrected chi connectivity index (χ1v) is 12.5. The number of fused-ring (bicyclic) bond motifs is 1. The van der Waals surface area contributed by atoms with Crippen LogP contribution in [0.1, 0.15) is 38.7 Å². The summed E-state index contributed by atoms with van der Waals surface area (Å²) in [6, 6.07) is 4.21. The van der Waals surface area contributed by atoms with Gasteiger partial charge in [0, 0.05) is 30.1 Å². The minimum absolute atomic E-state index is 0.0770. The predicted molar refractivity (Wildman–Crippen MR) is 144 cm³/mol. The highest BCUT2D eigenvalue weighted by atomic mass is 16.4. The van der Waals surface area contributed by atoms with E-state index in [0.717, 1.165) is 16.5 Å². The first-order valence-electron chi connectivity index (χ1n) is 12.5. The number of aliphatic imine (C=N–C) groups is 1. The number of hydrogen-bond donors (Lipinski definition) is 8. The zero-order valence-corrected chi connectivity index (χ0v) is 21.7. The van der Waals surface area contributed by atoms with E-state index in [9.17, 15) is 24.3 Å². The first-order chi connectivity index (χ1) is 18.1. The van der Waals surface area contributed by atoms with Crippen molar-refractivity contribution < 1.29 is 24.3 Å². The molecule has 2 aromatic rings. The molecule has 0 aliphatic heterocycles. The Morgan fingerprint density at radius 1 is 1.05 bits per heavy atom. The van der Waals surface area contributed by atoms with Crippen LogP contribution >= 0.6 is 0 Å². The minimum Gasteiger partial charge on any atom is -0.480 e. The summed E-state index contributed by atoms with van der Waals surface area (Å²) in [5.41, 5.74) is 17.6. The molecular weight excluding hydrogens is 492 g/mol. The summed E-state index contributed by atoms with van der Waals surface area (Å²) in [5, 5.41) is 18.4. The molecule has 4 unspecified atom stereocenters. The van der Waals surface area contributed by atoms with Gasteiger partial charge in [0.2, 0.25) is 17.7 Å². The van der Waals surface area contributed by atoms with E-state index in [4.69, 9.17) is 17.2 Å². The Bertz CT molecular complexity index is 1140. The van der Waals surface area contributed by atoms with Crippen molar-refractivity contribution in [1.82, 2.24) is 20.9 Å². The van der Waals surface area contributed by atoms with E-state index in [0.29, 0.717) is 12.8 Å². The zero-order valence-electron chi connectivity index (χ0n) is 21.7. The van der Waals surface area contributed by atoms with Crippen LogP contribution in [-0.4, -0.2) is 71.0 Å².